The number of benzene rings is 2. The van der Waals surface area contributed by atoms with E-state index in [1.54, 1.807) is 30.6 Å². The first-order chi connectivity index (χ1) is 11.7. The van der Waals surface area contributed by atoms with E-state index in [-0.39, 0.29) is 0 Å². The first-order valence-electron chi connectivity index (χ1n) is 7.45. The summed E-state index contributed by atoms with van der Waals surface area (Å²) in [6.45, 7) is 0.478. The zero-order chi connectivity index (χ0) is 16.8. The maximum Gasteiger partial charge on any atom is 0.121 e. The second-order valence-electron chi connectivity index (χ2n) is 5.22. The lowest BCUT2D eigenvalue weighted by Crippen LogP contribution is -1.95. The Kier molecular flexibility index (Phi) is 5.52. The number of aromatic nitrogens is 1. The lowest BCUT2D eigenvalue weighted by Gasteiger charge is -2.07. The van der Waals surface area contributed by atoms with Crippen LogP contribution in [0, 0.1) is 0 Å². The van der Waals surface area contributed by atoms with Crippen LogP contribution in [0.4, 0.5) is 0 Å². The maximum absolute atomic E-state index is 5.98. The van der Waals surface area contributed by atoms with Crippen LogP contribution in [0.15, 0.2) is 67.0 Å². The largest absolute Gasteiger partial charge is 0.489 e. The summed E-state index contributed by atoms with van der Waals surface area (Å²) in [4.78, 5) is 4.00. The van der Waals surface area contributed by atoms with Crippen LogP contribution in [0.1, 0.15) is 16.7 Å². The van der Waals surface area contributed by atoms with Gasteiger partial charge in [-0.25, -0.2) is 0 Å². The highest BCUT2D eigenvalue weighted by atomic mass is 35.5. The quantitative estimate of drug-likeness (QED) is 0.548. The van der Waals surface area contributed by atoms with E-state index in [0.29, 0.717) is 22.4 Å². The average Bonchev–Trinajstić information content (AvgIpc) is 2.63. The topological polar surface area (TPSA) is 22.1 Å². The Balaban J connectivity index is 1.60. The molecule has 0 fully saturated rings. The highest BCUT2D eigenvalue weighted by molar-refractivity contribution is 6.42. The van der Waals surface area contributed by atoms with Gasteiger partial charge in [0, 0.05) is 18.5 Å². The predicted molar refractivity (Wildman–Crippen MR) is 100 cm³/mol. The molecular weight excluding hydrogens is 341 g/mol. The van der Waals surface area contributed by atoms with Crippen molar-refractivity contribution in [3.05, 3.63) is 93.7 Å². The molecule has 0 aliphatic carbocycles. The van der Waals surface area contributed by atoms with Gasteiger partial charge in [-0.2, -0.15) is 0 Å². The van der Waals surface area contributed by atoms with Crippen LogP contribution in [-0.4, -0.2) is 4.98 Å². The summed E-state index contributed by atoms with van der Waals surface area (Å²) in [7, 11) is 0. The molecule has 0 amide bonds. The van der Waals surface area contributed by atoms with Crippen LogP contribution < -0.4 is 4.74 Å². The third-order valence-corrected chi connectivity index (χ3v) is 4.19. The van der Waals surface area contributed by atoms with Gasteiger partial charge >= 0.3 is 0 Å². The molecular formula is C20H15Cl2NO. The monoisotopic (exact) mass is 355 g/mol. The van der Waals surface area contributed by atoms with E-state index in [1.807, 2.05) is 24.3 Å². The molecule has 0 atom stereocenters. The first-order valence-corrected chi connectivity index (χ1v) is 8.21. The Bertz CT molecular complexity index is 830. The fourth-order valence-electron chi connectivity index (χ4n) is 2.13. The molecule has 0 unspecified atom stereocenters. The van der Waals surface area contributed by atoms with Crippen molar-refractivity contribution in [3.8, 4) is 5.75 Å². The van der Waals surface area contributed by atoms with Crippen LogP contribution >= 0.6 is 23.2 Å². The van der Waals surface area contributed by atoms with Crippen LogP contribution in [0.2, 0.25) is 10.0 Å². The predicted octanol–water partition coefficient (Wildman–Crippen LogP) is 6.14. The molecule has 1 heterocycles. The summed E-state index contributed by atoms with van der Waals surface area (Å²) in [5.41, 5.74) is 3.34. The van der Waals surface area contributed by atoms with E-state index < -0.39 is 0 Å². The summed E-state index contributed by atoms with van der Waals surface area (Å²) in [6.07, 6.45) is 7.69. The Morgan fingerprint density at radius 3 is 2.12 bits per heavy atom. The van der Waals surface area contributed by atoms with E-state index in [2.05, 4.69) is 29.3 Å². The highest BCUT2D eigenvalue weighted by Crippen LogP contribution is 2.26. The Morgan fingerprint density at radius 2 is 1.46 bits per heavy atom. The van der Waals surface area contributed by atoms with Crippen molar-refractivity contribution in [3.63, 3.8) is 0 Å². The molecule has 4 heteroatoms. The molecule has 0 bridgehead atoms. The Morgan fingerprint density at radius 1 is 0.792 bits per heavy atom. The minimum atomic E-state index is 0.478. The standard InChI is InChI=1S/C20H15Cl2NO/c21-19-8-7-18(13-20(19)22)24-14-17-5-3-15(4-6-17)1-2-16-9-11-23-12-10-16/h1-13H,14H2. The number of rotatable bonds is 5. The van der Waals surface area contributed by atoms with E-state index >= 15 is 0 Å². The fraction of sp³-hybridized carbons (Fsp3) is 0.0500. The molecule has 0 saturated carbocycles. The molecule has 3 rings (SSSR count). The molecule has 1 aromatic heterocycles. The number of pyridine rings is 1. The third kappa shape index (κ3) is 4.60. The number of hydrogen-bond donors (Lipinski definition) is 0. The average molecular weight is 356 g/mol. The molecule has 0 radical (unpaired) electrons. The lowest BCUT2D eigenvalue weighted by atomic mass is 10.1. The summed E-state index contributed by atoms with van der Waals surface area (Å²) in [5.74, 6) is 0.700. The summed E-state index contributed by atoms with van der Waals surface area (Å²) in [5, 5.41) is 1.01. The number of hydrogen-bond acceptors (Lipinski definition) is 2. The Hall–Kier alpha value is -2.29. The molecule has 2 nitrogen and oxygen atoms in total. The van der Waals surface area contributed by atoms with E-state index in [1.165, 1.54) is 0 Å². The van der Waals surface area contributed by atoms with E-state index in [0.717, 1.165) is 16.7 Å². The first kappa shape index (κ1) is 16.6. The fourth-order valence-corrected chi connectivity index (χ4v) is 2.41. The van der Waals surface area contributed by atoms with Crippen molar-refractivity contribution in [2.75, 3.05) is 0 Å². The molecule has 0 N–H and O–H groups in total. The summed E-state index contributed by atoms with van der Waals surface area (Å²) >= 11 is 11.9. The molecule has 0 spiro atoms. The Labute approximate surface area is 151 Å². The normalized spacial score (nSPS) is 10.9. The van der Waals surface area contributed by atoms with Gasteiger partial charge in [0.2, 0.25) is 0 Å². The molecule has 120 valence electrons. The van der Waals surface area contributed by atoms with Gasteiger partial charge < -0.3 is 4.74 Å². The van der Waals surface area contributed by atoms with Gasteiger partial charge in [-0.05, 0) is 41.0 Å². The van der Waals surface area contributed by atoms with Crippen molar-refractivity contribution in [1.82, 2.24) is 4.98 Å². The van der Waals surface area contributed by atoms with Crippen LogP contribution in [0.25, 0.3) is 12.2 Å². The molecule has 0 aliphatic rings. The smallest absolute Gasteiger partial charge is 0.121 e. The second-order valence-corrected chi connectivity index (χ2v) is 6.03. The van der Waals surface area contributed by atoms with E-state index in [9.17, 15) is 0 Å². The van der Waals surface area contributed by atoms with Gasteiger partial charge in [-0.15, -0.1) is 0 Å². The van der Waals surface area contributed by atoms with Crippen LogP contribution in [0.5, 0.6) is 5.75 Å². The van der Waals surface area contributed by atoms with Gasteiger partial charge in [0.25, 0.3) is 0 Å². The zero-order valence-electron chi connectivity index (χ0n) is 12.8. The second kappa shape index (κ2) is 8.00. The molecule has 3 aromatic rings. The lowest BCUT2D eigenvalue weighted by molar-refractivity contribution is 0.306. The van der Waals surface area contributed by atoms with Crippen molar-refractivity contribution in [2.24, 2.45) is 0 Å². The maximum atomic E-state index is 5.98. The third-order valence-electron chi connectivity index (χ3n) is 3.45. The number of nitrogens with zero attached hydrogens (tertiary/aromatic N) is 1. The minimum Gasteiger partial charge on any atom is -0.489 e. The van der Waals surface area contributed by atoms with Crippen molar-refractivity contribution in [2.45, 2.75) is 6.61 Å². The summed E-state index contributed by atoms with van der Waals surface area (Å²) in [6, 6.07) is 17.4. The van der Waals surface area contributed by atoms with Crippen molar-refractivity contribution >= 4 is 35.4 Å². The van der Waals surface area contributed by atoms with Gasteiger partial charge in [0.15, 0.2) is 0 Å². The van der Waals surface area contributed by atoms with Gasteiger partial charge in [0.1, 0.15) is 12.4 Å². The minimum absolute atomic E-state index is 0.478. The highest BCUT2D eigenvalue weighted by Gasteiger charge is 2.01. The molecule has 2 aromatic carbocycles. The molecule has 24 heavy (non-hydrogen) atoms. The van der Waals surface area contributed by atoms with Crippen LogP contribution in [0.3, 0.4) is 0 Å². The van der Waals surface area contributed by atoms with Gasteiger partial charge in [-0.3, -0.25) is 4.98 Å². The van der Waals surface area contributed by atoms with E-state index in [4.69, 9.17) is 27.9 Å². The molecule has 0 aliphatic heterocycles. The van der Waals surface area contributed by atoms with Crippen molar-refractivity contribution in [1.29, 1.82) is 0 Å². The summed E-state index contributed by atoms with van der Waals surface area (Å²) < 4.78 is 5.73. The van der Waals surface area contributed by atoms with Crippen LogP contribution in [-0.2, 0) is 6.61 Å². The SMILES string of the molecule is Clc1ccc(OCc2ccc(C=Cc3ccncc3)cc2)cc1Cl. The number of halogens is 2. The number of ether oxygens (including phenoxy) is 1. The van der Waals surface area contributed by atoms with Gasteiger partial charge in [-0.1, -0.05) is 59.6 Å². The molecule has 0 saturated heterocycles. The zero-order valence-corrected chi connectivity index (χ0v) is 14.3. The van der Waals surface area contributed by atoms with Gasteiger partial charge in [0.05, 0.1) is 10.0 Å². The van der Waals surface area contributed by atoms with Crippen molar-refractivity contribution < 1.29 is 4.74 Å².